The molecule has 2 aromatic heterocycles. The van der Waals surface area contributed by atoms with Gasteiger partial charge in [-0.3, -0.25) is 0 Å². The molecule has 2 N–H and O–H groups in total. The first-order valence-corrected chi connectivity index (χ1v) is 9.11. The van der Waals surface area contributed by atoms with Crippen molar-refractivity contribution in [3.05, 3.63) is 48.4 Å². The number of hydrogen-bond acceptors (Lipinski definition) is 6. The fourth-order valence-electron chi connectivity index (χ4n) is 2.65. The Kier molecular flexibility index (Phi) is 3.50. The second-order valence-corrected chi connectivity index (χ2v) is 7.70. The molecule has 3 heterocycles. The molecule has 1 aromatic carbocycles. The zero-order valence-corrected chi connectivity index (χ0v) is 13.9. The largest absolute Gasteiger partial charge is 0.364 e. The van der Waals surface area contributed by atoms with Gasteiger partial charge in [-0.05, 0) is 25.1 Å². The Labute approximate surface area is 139 Å². The van der Waals surface area contributed by atoms with Crippen molar-refractivity contribution in [3.63, 3.8) is 0 Å². The topological polar surface area (TPSA) is 88.9 Å². The van der Waals surface area contributed by atoms with Crippen LogP contribution in [-0.4, -0.2) is 41.5 Å². The number of aryl methyl sites for hydroxylation is 1. The van der Waals surface area contributed by atoms with E-state index in [1.165, 1.54) is 16.5 Å². The zero-order valence-electron chi connectivity index (χ0n) is 13.1. The summed E-state index contributed by atoms with van der Waals surface area (Å²) in [5.74, 6) is 0.657. The van der Waals surface area contributed by atoms with Crippen molar-refractivity contribution in [2.75, 3.05) is 18.4 Å². The van der Waals surface area contributed by atoms with Crippen molar-refractivity contribution in [3.8, 4) is 0 Å². The summed E-state index contributed by atoms with van der Waals surface area (Å²) in [7, 11) is -3.69. The molecule has 4 rings (SSSR count). The highest BCUT2D eigenvalue weighted by Gasteiger charge is 2.22. The fraction of sp³-hybridized carbons (Fsp3) is 0.250. The second-order valence-electron chi connectivity index (χ2n) is 5.89. The highest BCUT2D eigenvalue weighted by molar-refractivity contribution is 7.90. The Hall–Kier alpha value is -2.45. The molecule has 24 heavy (non-hydrogen) atoms. The molecule has 0 radical (unpaired) electrons. The predicted octanol–water partition coefficient (Wildman–Crippen LogP) is 1.36. The van der Waals surface area contributed by atoms with Gasteiger partial charge >= 0.3 is 0 Å². The van der Waals surface area contributed by atoms with Crippen molar-refractivity contribution in [2.45, 2.75) is 17.9 Å². The van der Waals surface area contributed by atoms with E-state index in [-0.39, 0.29) is 4.90 Å². The minimum absolute atomic E-state index is 0.238. The molecule has 0 atom stereocenters. The SMILES string of the molecule is Cc1ccc(S(=O)(=O)n2ccc3c(NC4CNC4)ncnc32)cc1. The molecule has 124 valence electrons. The minimum Gasteiger partial charge on any atom is -0.364 e. The van der Waals surface area contributed by atoms with Gasteiger partial charge in [0.1, 0.15) is 12.1 Å². The van der Waals surface area contributed by atoms with Crippen LogP contribution in [0.3, 0.4) is 0 Å². The van der Waals surface area contributed by atoms with E-state index in [1.807, 2.05) is 6.92 Å². The van der Waals surface area contributed by atoms with Gasteiger partial charge in [0.25, 0.3) is 10.0 Å². The molecule has 1 aliphatic rings. The molecule has 0 unspecified atom stereocenters. The van der Waals surface area contributed by atoms with Gasteiger partial charge in [0.15, 0.2) is 5.65 Å². The van der Waals surface area contributed by atoms with Crippen LogP contribution in [0.2, 0.25) is 0 Å². The number of rotatable bonds is 4. The summed E-state index contributed by atoms with van der Waals surface area (Å²) < 4.78 is 27.0. The lowest BCUT2D eigenvalue weighted by atomic mass is 10.2. The van der Waals surface area contributed by atoms with E-state index in [9.17, 15) is 8.42 Å². The summed E-state index contributed by atoms with van der Waals surface area (Å²) in [5, 5.41) is 7.18. The van der Waals surface area contributed by atoms with Gasteiger partial charge in [0, 0.05) is 19.3 Å². The van der Waals surface area contributed by atoms with Crippen LogP contribution in [0.1, 0.15) is 5.56 Å². The summed E-state index contributed by atoms with van der Waals surface area (Å²) in [6.45, 7) is 3.66. The number of nitrogens with zero attached hydrogens (tertiary/aromatic N) is 3. The average molecular weight is 343 g/mol. The predicted molar refractivity (Wildman–Crippen MR) is 91.6 cm³/mol. The number of aromatic nitrogens is 3. The lowest BCUT2D eigenvalue weighted by Crippen LogP contribution is -2.51. The quantitative estimate of drug-likeness (QED) is 0.744. The molecule has 0 bridgehead atoms. The molecule has 1 fully saturated rings. The average Bonchev–Trinajstić information content (AvgIpc) is 2.97. The van der Waals surface area contributed by atoms with Crippen molar-refractivity contribution in [2.24, 2.45) is 0 Å². The summed E-state index contributed by atoms with van der Waals surface area (Å²) in [6.07, 6.45) is 2.91. The molecular weight excluding hydrogens is 326 g/mol. The molecule has 1 saturated heterocycles. The number of benzene rings is 1. The normalized spacial score (nSPS) is 15.4. The van der Waals surface area contributed by atoms with Crippen molar-refractivity contribution < 1.29 is 8.42 Å². The van der Waals surface area contributed by atoms with Crippen LogP contribution in [0.25, 0.3) is 11.0 Å². The van der Waals surface area contributed by atoms with Crippen molar-refractivity contribution in [1.82, 2.24) is 19.3 Å². The second kappa shape index (κ2) is 5.57. The molecular formula is C16H17N5O2S. The van der Waals surface area contributed by atoms with E-state index in [1.54, 1.807) is 30.3 Å². The number of anilines is 1. The van der Waals surface area contributed by atoms with Crippen LogP contribution in [0.4, 0.5) is 5.82 Å². The highest BCUT2D eigenvalue weighted by Crippen LogP contribution is 2.25. The van der Waals surface area contributed by atoms with Gasteiger partial charge in [-0.2, -0.15) is 0 Å². The van der Waals surface area contributed by atoms with E-state index >= 15 is 0 Å². The Bertz CT molecular complexity index is 991. The van der Waals surface area contributed by atoms with Crippen LogP contribution in [0.5, 0.6) is 0 Å². The van der Waals surface area contributed by atoms with Gasteiger partial charge in [-0.1, -0.05) is 17.7 Å². The molecule has 0 aliphatic carbocycles. The Morgan fingerprint density at radius 3 is 2.58 bits per heavy atom. The van der Waals surface area contributed by atoms with E-state index in [0.29, 0.717) is 22.9 Å². The number of nitrogens with one attached hydrogen (secondary N) is 2. The molecule has 8 heteroatoms. The van der Waals surface area contributed by atoms with Crippen molar-refractivity contribution in [1.29, 1.82) is 0 Å². The summed E-state index contributed by atoms with van der Waals surface area (Å²) in [6, 6.07) is 8.82. The summed E-state index contributed by atoms with van der Waals surface area (Å²) in [4.78, 5) is 8.67. The van der Waals surface area contributed by atoms with Crippen LogP contribution >= 0.6 is 0 Å². The first kappa shape index (κ1) is 15.1. The lowest BCUT2D eigenvalue weighted by molar-refractivity contribution is 0.471. The molecule has 0 spiro atoms. The number of fused-ring (bicyclic) bond motifs is 1. The van der Waals surface area contributed by atoms with Crippen molar-refractivity contribution >= 4 is 26.9 Å². The molecule has 0 saturated carbocycles. The van der Waals surface area contributed by atoms with E-state index in [0.717, 1.165) is 18.7 Å². The maximum Gasteiger partial charge on any atom is 0.269 e. The first-order chi connectivity index (χ1) is 11.6. The van der Waals surface area contributed by atoms with Gasteiger partial charge in [-0.15, -0.1) is 0 Å². The third kappa shape index (κ3) is 2.44. The van der Waals surface area contributed by atoms with Crippen LogP contribution in [0, 0.1) is 6.92 Å². The maximum atomic E-state index is 12.9. The highest BCUT2D eigenvalue weighted by atomic mass is 32.2. The van der Waals surface area contributed by atoms with E-state index < -0.39 is 10.0 Å². The molecule has 3 aromatic rings. The fourth-order valence-corrected chi connectivity index (χ4v) is 3.95. The standard InChI is InChI=1S/C16H17N5O2S/c1-11-2-4-13(5-3-11)24(22,23)21-7-6-14-15(18-10-19-16(14)21)20-12-8-17-9-12/h2-7,10,12,17H,8-9H2,1H3,(H,18,19,20). The van der Waals surface area contributed by atoms with Gasteiger partial charge in [-0.25, -0.2) is 22.4 Å². The van der Waals surface area contributed by atoms with E-state index in [4.69, 9.17) is 0 Å². The Morgan fingerprint density at radius 1 is 1.17 bits per heavy atom. The van der Waals surface area contributed by atoms with E-state index in [2.05, 4.69) is 20.6 Å². The maximum absolute atomic E-state index is 12.9. The summed E-state index contributed by atoms with van der Waals surface area (Å²) >= 11 is 0. The third-order valence-corrected chi connectivity index (χ3v) is 5.83. The minimum atomic E-state index is -3.69. The Morgan fingerprint density at radius 2 is 1.92 bits per heavy atom. The van der Waals surface area contributed by atoms with Gasteiger partial charge < -0.3 is 10.6 Å². The lowest BCUT2D eigenvalue weighted by Gasteiger charge is -2.28. The van der Waals surface area contributed by atoms with Gasteiger partial charge in [0.05, 0.1) is 16.3 Å². The van der Waals surface area contributed by atoms with Gasteiger partial charge in [0.2, 0.25) is 0 Å². The summed E-state index contributed by atoms with van der Waals surface area (Å²) in [5.41, 5.74) is 1.38. The van der Waals surface area contributed by atoms with Crippen LogP contribution < -0.4 is 10.6 Å². The molecule has 1 aliphatic heterocycles. The van der Waals surface area contributed by atoms with Crippen LogP contribution in [0.15, 0.2) is 47.8 Å². The third-order valence-electron chi connectivity index (χ3n) is 4.15. The monoisotopic (exact) mass is 343 g/mol. The first-order valence-electron chi connectivity index (χ1n) is 7.67. The van der Waals surface area contributed by atoms with Crippen LogP contribution in [-0.2, 0) is 10.0 Å². The number of hydrogen-bond donors (Lipinski definition) is 2. The smallest absolute Gasteiger partial charge is 0.269 e. The molecule has 7 nitrogen and oxygen atoms in total. The Balaban J connectivity index is 1.79. The molecule has 0 amide bonds. The zero-order chi connectivity index (χ0) is 16.7.